The van der Waals surface area contributed by atoms with Gasteiger partial charge in [-0.3, -0.25) is 0 Å². The van der Waals surface area contributed by atoms with Crippen molar-refractivity contribution in [3.8, 4) is 0 Å². The number of carbonyl (C=O) groups excluding carboxylic acids is 1. The number of urea groups is 1. The van der Waals surface area contributed by atoms with Crippen LogP contribution in [0.1, 0.15) is 39.0 Å². The van der Waals surface area contributed by atoms with Crippen LogP contribution in [-0.2, 0) is 9.53 Å². The third kappa shape index (κ3) is 4.18. The highest BCUT2D eigenvalue weighted by Gasteiger charge is 2.42. The van der Waals surface area contributed by atoms with Crippen molar-refractivity contribution in [1.82, 2.24) is 10.6 Å². The Hall–Kier alpha value is -1.30. The Kier molecular flexibility index (Phi) is 5.91. The minimum Gasteiger partial charge on any atom is -0.480 e. The summed E-state index contributed by atoms with van der Waals surface area (Å²) >= 11 is 0. The van der Waals surface area contributed by atoms with Gasteiger partial charge in [0.25, 0.3) is 0 Å². The molecule has 0 aromatic rings. The normalized spacial score (nSPS) is 17.4. The van der Waals surface area contributed by atoms with Crippen LogP contribution in [0, 0.1) is 0 Å². The predicted molar refractivity (Wildman–Crippen MR) is 66.5 cm³/mol. The molecule has 18 heavy (non-hydrogen) atoms. The maximum Gasteiger partial charge on any atom is 0.329 e. The quantitative estimate of drug-likeness (QED) is 0.597. The monoisotopic (exact) mass is 258 g/mol. The van der Waals surface area contributed by atoms with Crippen LogP contribution in [0.15, 0.2) is 0 Å². The van der Waals surface area contributed by atoms with Gasteiger partial charge in [0.05, 0.1) is 6.61 Å². The van der Waals surface area contributed by atoms with Crippen LogP contribution < -0.4 is 10.6 Å². The van der Waals surface area contributed by atoms with Crippen molar-refractivity contribution in [3.05, 3.63) is 0 Å². The molecule has 0 spiro atoms. The van der Waals surface area contributed by atoms with Crippen molar-refractivity contribution in [2.75, 3.05) is 19.8 Å². The minimum atomic E-state index is -1.08. The Morgan fingerprint density at radius 3 is 2.50 bits per heavy atom. The van der Waals surface area contributed by atoms with E-state index in [-0.39, 0.29) is 0 Å². The van der Waals surface area contributed by atoms with Crippen molar-refractivity contribution in [1.29, 1.82) is 0 Å². The maximum atomic E-state index is 11.6. The molecule has 0 heterocycles. The lowest BCUT2D eigenvalue weighted by Crippen LogP contribution is -2.55. The number of carboxylic acids is 1. The van der Waals surface area contributed by atoms with E-state index in [1.165, 1.54) is 0 Å². The molecule has 0 aliphatic heterocycles. The molecule has 0 aromatic heterocycles. The van der Waals surface area contributed by atoms with E-state index in [1.807, 2.05) is 6.92 Å². The molecule has 1 aliphatic carbocycles. The third-order valence-corrected chi connectivity index (χ3v) is 3.10. The molecule has 1 rings (SSSR count). The van der Waals surface area contributed by atoms with E-state index in [2.05, 4.69) is 10.6 Å². The molecule has 0 atom stereocenters. The second kappa shape index (κ2) is 7.20. The summed E-state index contributed by atoms with van der Waals surface area (Å²) in [5.41, 5.74) is -1.08. The van der Waals surface area contributed by atoms with Gasteiger partial charge < -0.3 is 20.5 Å². The fourth-order valence-electron chi connectivity index (χ4n) is 2.12. The largest absolute Gasteiger partial charge is 0.480 e. The molecule has 0 unspecified atom stereocenters. The molecule has 0 radical (unpaired) electrons. The molecular formula is C12H22N2O4. The van der Waals surface area contributed by atoms with Crippen LogP contribution in [0.25, 0.3) is 0 Å². The Balaban J connectivity index is 2.27. The fourth-order valence-corrected chi connectivity index (χ4v) is 2.12. The molecule has 6 heteroatoms. The van der Waals surface area contributed by atoms with Gasteiger partial charge in [0.15, 0.2) is 0 Å². The van der Waals surface area contributed by atoms with Gasteiger partial charge in [-0.05, 0) is 19.3 Å². The van der Waals surface area contributed by atoms with Crippen LogP contribution in [0.2, 0.25) is 0 Å². The van der Waals surface area contributed by atoms with Crippen LogP contribution in [-0.4, -0.2) is 42.4 Å². The second-order valence-electron chi connectivity index (χ2n) is 4.59. The van der Waals surface area contributed by atoms with Crippen molar-refractivity contribution >= 4 is 12.0 Å². The van der Waals surface area contributed by atoms with Gasteiger partial charge in [0.1, 0.15) is 5.54 Å². The van der Waals surface area contributed by atoms with E-state index in [9.17, 15) is 14.7 Å². The van der Waals surface area contributed by atoms with E-state index >= 15 is 0 Å². The topological polar surface area (TPSA) is 87.7 Å². The Morgan fingerprint density at radius 1 is 1.28 bits per heavy atom. The number of ether oxygens (including phenoxy) is 1. The fraction of sp³-hybridized carbons (Fsp3) is 0.833. The summed E-state index contributed by atoms with van der Waals surface area (Å²) < 4.78 is 5.22. The highest BCUT2D eigenvalue weighted by molar-refractivity contribution is 5.86. The van der Waals surface area contributed by atoms with Gasteiger partial charge in [-0.2, -0.15) is 0 Å². The molecule has 1 aliphatic rings. The predicted octanol–water partition coefficient (Wildman–Crippen LogP) is 1.11. The molecule has 0 saturated heterocycles. The molecule has 1 fully saturated rings. The summed E-state index contributed by atoms with van der Waals surface area (Å²) in [5.74, 6) is -0.947. The van der Waals surface area contributed by atoms with Gasteiger partial charge in [-0.25, -0.2) is 9.59 Å². The molecule has 6 nitrogen and oxygen atoms in total. The minimum absolute atomic E-state index is 0.390. The number of nitrogens with one attached hydrogen (secondary N) is 2. The Labute approximate surface area is 107 Å². The zero-order chi connectivity index (χ0) is 13.4. The summed E-state index contributed by atoms with van der Waals surface area (Å²) in [6, 6.07) is -0.431. The number of amides is 2. The number of rotatable bonds is 7. The average Bonchev–Trinajstić information content (AvgIpc) is 2.78. The van der Waals surface area contributed by atoms with Crippen molar-refractivity contribution in [2.24, 2.45) is 0 Å². The zero-order valence-electron chi connectivity index (χ0n) is 10.8. The third-order valence-electron chi connectivity index (χ3n) is 3.10. The lowest BCUT2D eigenvalue weighted by atomic mass is 9.98. The number of carbonyl (C=O) groups is 2. The van der Waals surface area contributed by atoms with E-state index < -0.39 is 17.5 Å². The summed E-state index contributed by atoms with van der Waals surface area (Å²) in [7, 11) is 0. The molecule has 3 N–H and O–H groups in total. The Bertz CT molecular complexity index is 288. The standard InChI is InChI=1S/C12H22N2O4/c1-2-8-18-9-7-13-11(17)14-12(10(15)16)5-3-4-6-12/h2-9H2,1H3,(H,15,16)(H2,13,14,17). The SMILES string of the molecule is CCCOCCNC(=O)NC1(C(=O)O)CCCC1. The second-order valence-corrected chi connectivity index (χ2v) is 4.59. The van der Waals surface area contributed by atoms with Crippen LogP contribution in [0.4, 0.5) is 4.79 Å². The van der Waals surface area contributed by atoms with Crippen molar-refractivity contribution < 1.29 is 19.4 Å². The highest BCUT2D eigenvalue weighted by atomic mass is 16.5. The first-order chi connectivity index (χ1) is 8.60. The van der Waals surface area contributed by atoms with Gasteiger partial charge in [0.2, 0.25) is 0 Å². The van der Waals surface area contributed by atoms with E-state index in [0.29, 0.717) is 32.6 Å². The van der Waals surface area contributed by atoms with Crippen LogP contribution >= 0.6 is 0 Å². The summed E-state index contributed by atoms with van der Waals surface area (Å²) in [4.78, 5) is 22.8. The zero-order valence-corrected chi connectivity index (χ0v) is 10.8. The lowest BCUT2D eigenvalue weighted by molar-refractivity contribution is -0.144. The van der Waals surface area contributed by atoms with E-state index in [4.69, 9.17) is 4.74 Å². The van der Waals surface area contributed by atoms with Gasteiger partial charge in [-0.1, -0.05) is 19.8 Å². The smallest absolute Gasteiger partial charge is 0.329 e. The highest BCUT2D eigenvalue weighted by Crippen LogP contribution is 2.29. The number of carboxylic acid groups (broad SMARTS) is 1. The maximum absolute atomic E-state index is 11.6. The summed E-state index contributed by atoms with van der Waals surface area (Å²) in [6.07, 6.45) is 3.62. The molecule has 1 saturated carbocycles. The first-order valence-corrected chi connectivity index (χ1v) is 6.48. The van der Waals surface area contributed by atoms with Crippen LogP contribution in [0.3, 0.4) is 0 Å². The lowest BCUT2D eigenvalue weighted by Gasteiger charge is -2.25. The first kappa shape index (κ1) is 14.8. The van der Waals surface area contributed by atoms with Gasteiger partial charge in [0, 0.05) is 13.2 Å². The van der Waals surface area contributed by atoms with Gasteiger partial charge >= 0.3 is 12.0 Å². The number of hydrogen-bond acceptors (Lipinski definition) is 3. The average molecular weight is 258 g/mol. The summed E-state index contributed by atoms with van der Waals surface area (Å²) in [6.45, 7) is 3.52. The van der Waals surface area contributed by atoms with Crippen molar-refractivity contribution in [3.63, 3.8) is 0 Å². The number of hydrogen-bond donors (Lipinski definition) is 3. The van der Waals surface area contributed by atoms with E-state index in [1.54, 1.807) is 0 Å². The molecule has 0 bridgehead atoms. The van der Waals surface area contributed by atoms with Crippen LogP contribution in [0.5, 0.6) is 0 Å². The van der Waals surface area contributed by atoms with E-state index in [0.717, 1.165) is 19.3 Å². The molecule has 104 valence electrons. The van der Waals surface area contributed by atoms with Crippen molar-refractivity contribution in [2.45, 2.75) is 44.6 Å². The Morgan fingerprint density at radius 2 is 1.94 bits per heavy atom. The van der Waals surface area contributed by atoms with Gasteiger partial charge in [-0.15, -0.1) is 0 Å². The molecular weight excluding hydrogens is 236 g/mol. The first-order valence-electron chi connectivity index (χ1n) is 6.48. The number of aliphatic carboxylic acids is 1. The molecule has 0 aromatic carbocycles. The summed E-state index contributed by atoms with van der Waals surface area (Å²) in [5, 5.41) is 14.4. The molecule has 2 amide bonds.